The minimum atomic E-state index is -1.26. The largest absolute Gasteiger partial charge is 0.496 e. The lowest BCUT2D eigenvalue weighted by atomic mass is 9.87. The number of nitrogens with zero attached hydrogens (tertiary/aromatic N) is 1. The van der Waals surface area contributed by atoms with Crippen LogP contribution in [-0.4, -0.2) is 36.3 Å². The Kier molecular flexibility index (Phi) is 4.78. The third-order valence-electron chi connectivity index (χ3n) is 5.56. The van der Waals surface area contributed by atoms with Crippen molar-refractivity contribution in [1.82, 2.24) is 10.2 Å². The molecule has 1 unspecified atom stereocenters. The van der Waals surface area contributed by atoms with Crippen molar-refractivity contribution in [2.24, 2.45) is 0 Å². The maximum atomic E-state index is 13.3. The Morgan fingerprint density at radius 1 is 1.07 bits per heavy atom. The van der Waals surface area contributed by atoms with E-state index in [4.69, 9.17) is 4.74 Å². The van der Waals surface area contributed by atoms with E-state index in [-0.39, 0.29) is 12.3 Å². The molecule has 0 aromatic heterocycles. The van der Waals surface area contributed by atoms with Gasteiger partial charge in [0.1, 0.15) is 11.3 Å². The monoisotopic (exact) mass is 402 g/mol. The van der Waals surface area contributed by atoms with Crippen LogP contribution in [0, 0.1) is 6.92 Å². The van der Waals surface area contributed by atoms with Crippen LogP contribution in [0.2, 0.25) is 0 Å². The zero-order valence-electron chi connectivity index (χ0n) is 17.1. The normalized spacial score (nSPS) is 18.6. The molecule has 0 aliphatic carbocycles. The molecule has 3 aromatic carbocycles. The van der Waals surface area contributed by atoms with Crippen molar-refractivity contribution in [3.8, 4) is 5.75 Å². The Bertz CT molecular complexity index is 1180. The molecular formula is C24H22N2O4. The number of carbonyl (C=O) groups excluding carboxylic acids is 3. The van der Waals surface area contributed by atoms with Gasteiger partial charge < -0.3 is 10.1 Å². The fourth-order valence-corrected chi connectivity index (χ4v) is 3.95. The van der Waals surface area contributed by atoms with E-state index in [0.717, 1.165) is 21.2 Å². The molecular weight excluding hydrogens is 380 g/mol. The highest BCUT2D eigenvalue weighted by Crippen LogP contribution is 2.34. The molecule has 0 spiro atoms. The minimum absolute atomic E-state index is 0.344. The lowest BCUT2D eigenvalue weighted by Gasteiger charge is -2.24. The Morgan fingerprint density at radius 2 is 1.80 bits per heavy atom. The molecule has 3 aromatic rings. The Labute approximate surface area is 174 Å². The van der Waals surface area contributed by atoms with Gasteiger partial charge in [-0.25, -0.2) is 4.79 Å². The third-order valence-corrected chi connectivity index (χ3v) is 5.56. The van der Waals surface area contributed by atoms with Crippen molar-refractivity contribution in [3.63, 3.8) is 0 Å². The van der Waals surface area contributed by atoms with Gasteiger partial charge in [-0.15, -0.1) is 0 Å². The van der Waals surface area contributed by atoms with Crippen molar-refractivity contribution in [3.05, 3.63) is 77.4 Å². The molecule has 1 saturated heterocycles. The number of hydrogen-bond acceptors (Lipinski definition) is 4. The molecule has 0 bridgehead atoms. The Balaban J connectivity index is 1.68. The van der Waals surface area contributed by atoms with Crippen molar-refractivity contribution >= 4 is 28.5 Å². The third kappa shape index (κ3) is 3.10. The standard InChI is InChI=1S/C24H22N2O4/c1-15-11-12-21(30-3)18(13-15)20(27)14-26-22(28)24(2,25-23(26)29)19-10-6-8-16-7-4-5-9-17(16)19/h4-13H,14H2,1-3H3,(H,25,29). The predicted molar refractivity (Wildman–Crippen MR) is 114 cm³/mol. The first-order valence-electron chi connectivity index (χ1n) is 9.65. The average molecular weight is 402 g/mol. The number of Topliss-reactive ketones (excluding diaryl/α,β-unsaturated/α-hetero) is 1. The molecule has 6 nitrogen and oxygen atoms in total. The molecule has 1 aliphatic heterocycles. The fourth-order valence-electron chi connectivity index (χ4n) is 3.95. The number of carbonyl (C=O) groups is 3. The summed E-state index contributed by atoms with van der Waals surface area (Å²) in [6, 6.07) is 18.0. The van der Waals surface area contributed by atoms with Crippen LogP contribution in [0.15, 0.2) is 60.7 Å². The number of ether oxygens (including phenoxy) is 1. The summed E-state index contributed by atoms with van der Waals surface area (Å²) in [5.74, 6) is -0.403. The summed E-state index contributed by atoms with van der Waals surface area (Å²) >= 11 is 0. The SMILES string of the molecule is COc1ccc(C)cc1C(=O)CN1C(=O)NC(C)(c2cccc3ccccc23)C1=O. The Morgan fingerprint density at radius 3 is 2.57 bits per heavy atom. The van der Waals surface area contributed by atoms with E-state index in [1.807, 2.05) is 55.5 Å². The van der Waals surface area contributed by atoms with Crippen LogP contribution in [0.4, 0.5) is 4.79 Å². The second-order valence-electron chi connectivity index (χ2n) is 7.60. The van der Waals surface area contributed by atoms with Gasteiger partial charge in [-0.2, -0.15) is 0 Å². The fraction of sp³-hybridized carbons (Fsp3) is 0.208. The van der Waals surface area contributed by atoms with Crippen LogP contribution >= 0.6 is 0 Å². The molecule has 6 heteroatoms. The number of ketones is 1. The lowest BCUT2D eigenvalue weighted by molar-refractivity contribution is -0.130. The van der Waals surface area contributed by atoms with Gasteiger partial charge >= 0.3 is 6.03 Å². The highest BCUT2D eigenvalue weighted by molar-refractivity contribution is 6.13. The van der Waals surface area contributed by atoms with Crippen LogP contribution in [0.25, 0.3) is 10.8 Å². The van der Waals surface area contributed by atoms with Gasteiger partial charge in [0.25, 0.3) is 5.91 Å². The van der Waals surface area contributed by atoms with Gasteiger partial charge in [0.05, 0.1) is 19.2 Å². The molecule has 4 rings (SSSR count). The second kappa shape index (κ2) is 7.30. The van der Waals surface area contributed by atoms with Gasteiger partial charge in [0.15, 0.2) is 5.78 Å². The number of urea groups is 1. The molecule has 152 valence electrons. The molecule has 1 atom stereocenters. The number of amides is 3. The van der Waals surface area contributed by atoms with E-state index in [1.54, 1.807) is 19.1 Å². The van der Waals surface area contributed by atoms with Crippen molar-refractivity contribution in [1.29, 1.82) is 0 Å². The van der Waals surface area contributed by atoms with E-state index in [1.165, 1.54) is 7.11 Å². The molecule has 30 heavy (non-hydrogen) atoms. The maximum Gasteiger partial charge on any atom is 0.325 e. The first kappa shape index (κ1) is 19.6. The average Bonchev–Trinajstić information content (AvgIpc) is 2.97. The first-order valence-corrected chi connectivity index (χ1v) is 9.65. The molecule has 1 heterocycles. The van der Waals surface area contributed by atoms with Gasteiger partial charge in [-0.1, -0.05) is 54.1 Å². The number of rotatable bonds is 5. The van der Waals surface area contributed by atoms with Crippen molar-refractivity contribution in [2.45, 2.75) is 19.4 Å². The molecule has 0 radical (unpaired) electrons. The van der Waals surface area contributed by atoms with Crippen LogP contribution in [0.1, 0.15) is 28.4 Å². The van der Waals surface area contributed by atoms with Gasteiger partial charge in [0, 0.05) is 0 Å². The number of fused-ring (bicyclic) bond motifs is 1. The van der Waals surface area contributed by atoms with E-state index in [0.29, 0.717) is 16.9 Å². The number of methoxy groups -OCH3 is 1. The number of hydrogen-bond donors (Lipinski definition) is 1. The maximum absolute atomic E-state index is 13.3. The Hall–Kier alpha value is -3.67. The first-order chi connectivity index (χ1) is 14.3. The molecule has 1 fully saturated rings. The van der Waals surface area contributed by atoms with E-state index in [2.05, 4.69) is 5.32 Å². The van der Waals surface area contributed by atoms with Gasteiger partial charge in [-0.3, -0.25) is 14.5 Å². The molecule has 1 aliphatic rings. The highest BCUT2D eigenvalue weighted by Gasteiger charge is 2.50. The van der Waals surface area contributed by atoms with Crippen molar-refractivity contribution < 1.29 is 19.1 Å². The van der Waals surface area contributed by atoms with Gasteiger partial charge in [-0.05, 0) is 42.3 Å². The zero-order valence-corrected chi connectivity index (χ0v) is 17.1. The summed E-state index contributed by atoms with van der Waals surface area (Å²) in [5.41, 5.74) is 0.672. The number of benzene rings is 3. The summed E-state index contributed by atoms with van der Waals surface area (Å²) in [4.78, 5) is 39.9. The van der Waals surface area contributed by atoms with Crippen LogP contribution in [0.3, 0.4) is 0 Å². The number of aryl methyl sites for hydroxylation is 1. The van der Waals surface area contributed by atoms with E-state index >= 15 is 0 Å². The smallest absolute Gasteiger partial charge is 0.325 e. The predicted octanol–water partition coefficient (Wildman–Crippen LogP) is 3.81. The minimum Gasteiger partial charge on any atom is -0.496 e. The van der Waals surface area contributed by atoms with Crippen LogP contribution in [-0.2, 0) is 10.3 Å². The van der Waals surface area contributed by atoms with Gasteiger partial charge in [0.2, 0.25) is 0 Å². The van der Waals surface area contributed by atoms with Crippen LogP contribution in [0.5, 0.6) is 5.75 Å². The summed E-state index contributed by atoms with van der Waals surface area (Å²) < 4.78 is 5.27. The topological polar surface area (TPSA) is 75.7 Å². The summed E-state index contributed by atoms with van der Waals surface area (Å²) in [6.07, 6.45) is 0. The summed E-state index contributed by atoms with van der Waals surface area (Å²) in [6.45, 7) is 3.18. The van der Waals surface area contributed by atoms with Crippen LogP contribution < -0.4 is 10.1 Å². The summed E-state index contributed by atoms with van der Waals surface area (Å²) in [5, 5.41) is 4.64. The quantitative estimate of drug-likeness (QED) is 0.520. The van der Waals surface area contributed by atoms with Crippen molar-refractivity contribution in [2.75, 3.05) is 13.7 Å². The highest BCUT2D eigenvalue weighted by atomic mass is 16.5. The van der Waals surface area contributed by atoms with E-state index in [9.17, 15) is 14.4 Å². The van der Waals surface area contributed by atoms with E-state index < -0.39 is 17.5 Å². The molecule has 0 saturated carbocycles. The lowest BCUT2D eigenvalue weighted by Crippen LogP contribution is -2.41. The molecule has 1 N–H and O–H groups in total. The molecule has 3 amide bonds. The summed E-state index contributed by atoms with van der Waals surface area (Å²) in [7, 11) is 1.48. The second-order valence-corrected chi connectivity index (χ2v) is 7.60. The number of imide groups is 1. The number of nitrogens with one attached hydrogen (secondary N) is 1. The zero-order chi connectivity index (χ0) is 21.5.